The van der Waals surface area contributed by atoms with Crippen molar-refractivity contribution < 1.29 is 19.4 Å². The second-order valence-corrected chi connectivity index (χ2v) is 5.05. The first-order chi connectivity index (χ1) is 7.77. The van der Waals surface area contributed by atoms with Crippen LogP contribution < -0.4 is 5.32 Å². The van der Waals surface area contributed by atoms with Crippen LogP contribution in [0.5, 0.6) is 0 Å². The van der Waals surface area contributed by atoms with Gasteiger partial charge in [0.15, 0.2) is 0 Å². The van der Waals surface area contributed by atoms with Gasteiger partial charge < -0.3 is 19.9 Å². The van der Waals surface area contributed by atoms with Crippen molar-refractivity contribution in [3.8, 4) is 0 Å². The number of carboxylic acid groups (broad SMARTS) is 1. The molecule has 0 aliphatic heterocycles. The number of nitrogens with one attached hydrogen (secondary N) is 1. The molecule has 0 radical (unpaired) electrons. The molecular weight excluding hydrogens is 222 g/mol. The van der Waals surface area contributed by atoms with E-state index in [9.17, 15) is 9.90 Å². The van der Waals surface area contributed by atoms with Gasteiger partial charge in [-0.2, -0.15) is 0 Å². The van der Waals surface area contributed by atoms with Gasteiger partial charge in [-0.25, -0.2) is 0 Å². The van der Waals surface area contributed by atoms with Gasteiger partial charge in [0.25, 0.3) is 0 Å². The third kappa shape index (κ3) is 6.00. The van der Waals surface area contributed by atoms with E-state index in [2.05, 4.69) is 5.32 Å². The normalized spacial score (nSPS) is 15.6. The van der Waals surface area contributed by atoms with E-state index in [-0.39, 0.29) is 0 Å². The predicted molar refractivity (Wildman–Crippen MR) is 66.2 cm³/mol. The molecule has 5 nitrogen and oxygen atoms in total. The van der Waals surface area contributed by atoms with Crippen molar-refractivity contribution >= 4 is 5.97 Å². The minimum atomic E-state index is -0.979. The Bertz CT molecular complexity index is 243. The second-order valence-electron chi connectivity index (χ2n) is 5.05. The summed E-state index contributed by atoms with van der Waals surface area (Å²) in [5.74, 6) is -0.861. The molecule has 0 aromatic heterocycles. The van der Waals surface area contributed by atoms with E-state index >= 15 is 0 Å². The number of aliphatic carboxylic acids is 1. The standard InChI is InChI=1S/C12H25NO4/c1-11(2,17-5)9-12(3,10(14)15)13-7-6-8-16-4/h13H,6-9H2,1-5H3,(H,14,15). The van der Waals surface area contributed by atoms with Crippen LogP contribution in [0, 0.1) is 0 Å². The van der Waals surface area contributed by atoms with Gasteiger partial charge in [-0.1, -0.05) is 0 Å². The molecule has 0 aliphatic carbocycles. The Morgan fingerprint density at radius 1 is 1.29 bits per heavy atom. The Morgan fingerprint density at radius 3 is 2.29 bits per heavy atom. The molecule has 0 saturated carbocycles. The van der Waals surface area contributed by atoms with Crippen LogP contribution in [0.3, 0.4) is 0 Å². The highest BCUT2D eigenvalue weighted by Crippen LogP contribution is 2.23. The molecule has 17 heavy (non-hydrogen) atoms. The van der Waals surface area contributed by atoms with Crippen LogP contribution in [-0.2, 0) is 14.3 Å². The zero-order chi connectivity index (χ0) is 13.5. The van der Waals surface area contributed by atoms with Crippen LogP contribution in [0.2, 0.25) is 0 Å². The van der Waals surface area contributed by atoms with Crippen molar-refractivity contribution in [1.29, 1.82) is 0 Å². The van der Waals surface area contributed by atoms with E-state index in [1.54, 1.807) is 21.1 Å². The number of hydrogen-bond donors (Lipinski definition) is 2. The Labute approximate surface area is 103 Å². The van der Waals surface area contributed by atoms with Gasteiger partial charge in [0, 0.05) is 27.2 Å². The summed E-state index contributed by atoms with van der Waals surface area (Å²) in [4.78, 5) is 11.3. The van der Waals surface area contributed by atoms with E-state index < -0.39 is 17.1 Å². The molecule has 0 amide bonds. The number of methoxy groups -OCH3 is 2. The number of rotatable bonds is 9. The molecule has 0 saturated heterocycles. The number of carbonyl (C=O) groups is 1. The molecule has 0 heterocycles. The summed E-state index contributed by atoms with van der Waals surface area (Å²) in [6, 6.07) is 0. The van der Waals surface area contributed by atoms with Crippen molar-refractivity contribution in [3.63, 3.8) is 0 Å². The van der Waals surface area contributed by atoms with Crippen molar-refractivity contribution in [2.24, 2.45) is 0 Å². The van der Waals surface area contributed by atoms with Crippen LogP contribution >= 0.6 is 0 Å². The molecule has 1 atom stereocenters. The van der Waals surface area contributed by atoms with Gasteiger partial charge in [-0.15, -0.1) is 0 Å². The van der Waals surface area contributed by atoms with E-state index in [4.69, 9.17) is 9.47 Å². The fraction of sp³-hybridized carbons (Fsp3) is 0.917. The highest BCUT2D eigenvalue weighted by molar-refractivity contribution is 5.78. The minimum absolute atomic E-state index is 0.402. The third-order valence-corrected chi connectivity index (χ3v) is 2.84. The van der Waals surface area contributed by atoms with Crippen LogP contribution in [-0.4, -0.2) is 49.6 Å². The average molecular weight is 247 g/mol. The van der Waals surface area contributed by atoms with E-state index in [0.717, 1.165) is 6.42 Å². The molecule has 0 aromatic rings. The van der Waals surface area contributed by atoms with E-state index in [1.165, 1.54) is 0 Å². The molecule has 102 valence electrons. The molecule has 1 unspecified atom stereocenters. The molecule has 0 aromatic carbocycles. The smallest absolute Gasteiger partial charge is 0.323 e. The van der Waals surface area contributed by atoms with Crippen LogP contribution in [0.4, 0.5) is 0 Å². The zero-order valence-corrected chi connectivity index (χ0v) is 11.5. The predicted octanol–water partition coefficient (Wildman–Crippen LogP) is 1.27. The minimum Gasteiger partial charge on any atom is -0.480 e. The van der Waals surface area contributed by atoms with E-state index in [0.29, 0.717) is 19.6 Å². The topological polar surface area (TPSA) is 67.8 Å². The first kappa shape index (κ1) is 16.4. The lowest BCUT2D eigenvalue weighted by Gasteiger charge is -2.34. The Balaban J connectivity index is 4.41. The fourth-order valence-corrected chi connectivity index (χ4v) is 1.72. The molecule has 0 rings (SSSR count). The number of carboxylic acids is 1. The summed E-state index contributed by atoms with van der Waals surface area (Å²) < 4.78 is 10.2. The van der Waals surface area contributed by atoms with Gasteiger partial charge in [0.1, 0.15) is 5.54 Å². The van der Waals surface area contributed by atoms with Gasteiger partial charge in [0.05, 0.1) is 5.60 Å². The second kappa shape index (κ2) is 6.93. The SMILES string of the molecule is COCCCNC(C)(CC(C)(C)OC)C(=O)O. The van der Waals surface area contributed by atoms with Gasteiger partial charge in [-0.05, 0) is 33.7 Å². The molecular formula is C12H25NO4. The van der Waals surface area contributed by atoms with Crippen molar-refractivity contribution in [2.45, 2.75) is 44.8 Å². The van der Waals surface area contributed by atoms with Gasteiger partial charge in [-0.3, -0.25) is 4.79 Å². The quantitative estimate of drug-likeness (QED) is 0.601. The monoisotopic (exact) mass is 247 g/mol. The summed E-state index contributed by atoms with van der Waals surface area (Å²) >= 11 is 0. The lowest BCUT2D eigenvalue weighted by atomic mass is 9.87. The van der Waals surface area contributed by atoms with Crippen LogP contribution in [0.15, 0.2) is 0 Å². The lowest BCUT2D eigenvalue weighted by molar-refractivity contribution is -0.147. The third-order valence-electron chi connectivity index (χ3n) is 2.84. The first-order valence-electron chi connectivity index (χ1n) is 5.80. The number of ether oxygens (including phenoxy) is 2. The maximum Gasteiger partial charge on any atom is 0.323 e. The summed E-state index contributed by atoms with van der Waals surface area (Å²) in [5.41, 5.74) is -1.45. The molecule has 0 bridgehead atoms. The van der Waals surface area contributed by atoms with Crippen molar-refractivity contribution in [2.75, 3.05) is 27.4 Å². The number of hydrogen-bond acceptors (Lipinski definition) is 4. The maximum absolute atomic E-state index is 11.3. The van der Waals surface area contributed by atoms with E-state index in [1.807, 2.05) is 13.8 Å². The summed E-state index contributed by atoms with van der Waals surface area (Å²) in [5, 5.41) is 12.4. The molecule has 0 spiro atoms. The summed E-state index contributed by atoms with van der Waals surface area (Å²) in [6.45, 7) is 6.67. The highest BCUT2D eigenvalue weighted by Gasteiger charge is 2.38. The summed E-state index contributed by atoms with van der Waals surface area (Å²) in [7, 11) is 3.22. The average Bonchev–Trinajstić information content (AvgIpc) is 2.24. The molecule has 0 aliphatic rings. The van der Waals surface area contributed by atoms with Gasteiger partial charge >= 0.3 is 5.97 Å². The highest BCUT2D eigenvalue weighted by atomic mass is 16.5. The maximum atomic E-state index is 11.3. The van der Waals surface area contributed by atoms with Crippen molar-refractivity contribution in [1.82, 2.24) is 5.32 Å². The molecule has 5 heteroatoms. The Morgan fingerprint density at radius 2 is 1.88 bits per heavy atom. The largest absolute Gasteiger partial charge is 0.480 e. The van der Waals surface area contributed by atoms with Crippen molar-refractivity contribution in [3.05, 3.63) is 0 Å². The zero-order valence-electron chi connectivity index (χ0n) is 11.5. The Hall–Kier alpha value is -0.650. The summed E-state index contributed by atoms with van der Waals surface area (Å²) in [6.07, 6.45) is 1.19. The fourth-order valence-electron chi connectivity index (χ4n) is 1.72. The molecule has 2 N–H and O–H groups in total. The Kier molecular flexibility index (Phi) is 6.67. The van der Waals surface area contributed by atoms with Crippen LogP contribution in [0.1, 0.15) is 33.6 Å². The van der Waals surface area contributed by atoms with Gasteiger partial charge in [0.2, 0.25) is 0 Å². The van der Waals surface area contributed by atoms with Crippen LogP contribution in [0.25, 0.3) is 0 Å². The molecule has 0 fully saturated rings. The first-order valence-corrected chi connectivity index (χ1v) is 5.80. The lowest BCUT2D eigenvalue weighted by Crippen LogP contribution is -2.54.